The van der Waals surface area contributed by atoms with Gasteiger partial charge < -0.3 is 9.45 Å². The predicted molar refractivity (Wildman–Crippen MR) is 93.7 cm³/mol. The smallest absolute Gasteiger partial charge is 0.180 e. The van der Waals surface area contributed by atoms with Crippen LogP contribution in [0.4, 0.5) is 11.4 Å². The van der Waals surface area contributed by atoms with E-state index in [2.05, 4.69) is 15.7 Å². The average Bonchev–Trinajstić information content (AvgIpc) is 2.56. The molecule has 1 heterocycles. The molecule has 0 saturated carbocycles. The van der Waals surface area contributed by atoms with Gasteiger partial charge in [-0.3, -0.25) is 0 Å². The number of piperidine rings is 1. The van der Waals surface area contributed by atoms with Gasteiger partial charge in [-0.1, -0.05) is 24.3 Å². The van der Waals surface area contributed by atoms with E-state index in [0.29, 0.717) is 0 Å². The summed E-state index contributed by atoms with van der Waals surface area (Å²) in [7, 11) is 0. The summed E-state index contributed by atoms with van der Waals surface area (Å²) in [4.78, 5) is 3.20. The minimum absolute atomic E-state index is 0.813. The molecule has 1 saturated heterocycles. The third-order valence-corrected chi connectivity index (χ3v) is 5.09. The fraction of sp³-hybridized carbons (Fsp3) is 0.333. The highest BCUT2D eigenvalue weighted by Gasteiger charge is 2.18. The van der Waals surface area contributed by atoms with Crippen molar-refractivity contribution in [3.8, 4) is 0 Å². The van der Waals surface area contributed by atoms with Crippen molar-refractivity contribution in [1.29, 1.82) is 0 Å². The van der Waals surface area contributed by atoms with E-state index < -0.39 is 11.4 Å². The number of rotatable bonds is 4. The molecule has 0 spiro atoms. The number of hydrogen-bond donors (Lipinski definition) is 1. The molecule has 3 nitrogen and oxygen atoms in total. The van der Waals surface area contributed by atoms with Crippen molar-refractivity contribution in [1.82, 2.24) is 0 Å². The lowest BCUT2D eigenvalue weighted by Gasteiger charge is -2.30. The molecule has 1 aliphatic rings. The number of para-hydroxylation sites is 2. The van der Waals surface area contributed by atoms with Gasteiger partial charge >= 0.3 is 0 Å². The fourth-order valence-corrected chi connectivity index (χ4v) is 3.85. The Kier molecular flexibility index (Phi) is 4.90. The highest BCUT2D eigenvalue weighted by atomic mass is 32.2. The molecule has 2 aromatic rings. The Morgan fingerprint density at radius 1 is 1.00 bits per heavy atom. The first-order valence-corrected chi connectivity index (χ1v) is 8.98. The van der Waals surface area contributed by atoms with Gasteiger partial charge in [0.05, 0.1) is 5.69 Å². The lowest BCUT2D eigenvalue weighted by Crippen LogP contribution is -2.30. The van der Waals surface area contributed by atoms with Crippen LogP contribution in [0.15, 0.2) is 53.4 Å². The van der Waals surface area contributed by atoms with Crippen LogP contribution in [0.1, 0.15) is 24.8 Å². The van der Waals surface area contributed by atoms with Crippen LogP contribution in [-0.4, -0.2) is 17.6 Å². The normalized spacial score (nSPS) is 16.4. The first-order chi connectivity index (χ1) is 10.7. The van der Waals surface area contributed by atoms with Crippen LogP contribution in [0.5, 0.6) is 0 Å². The van der Waals surface area contributed by atoms with E-state index in [1.807, 2.05) is 49.4 Å². The van der Waals surface area contributed by atoms with Crippen LogP contribution in [0.2, 0.25) is 0 Å². The minimum atomic E-state index is -1.24. The van der Waals surface area contributed by atoms with E-state index in [1.54, 1.807) is 0 Å². The summed E-state index contributed by atoms with van der Waals surface area (Å²) in [5, 5.41) is 0. The largest absolute Gasteiger partial charge is 0.588 e. The van der Waals surface area contributed by atoms with E-state index >= 15 is 0 Å². The van der Waals surface area contributed by atoms with Crippen molar-refractivity contribution in [2.24, 2.45) is 0 Å². The summed E-state index contributed by atoms with van der Waals surface area (Å²) in [5.74, 6) is 0. The Hall–Kier alpha value is -1.65. The molecule has 0 bridgehead atoms. The third-order valence-electron chi connectivity index (χ3n) is 4.01. The molecule has 4 heteroatoms. The first-order valence-electron chi connectivity index (χ1n) is 7.83. The lowest BCUT2D eigenvalue weighted by atomic mass is 10.1. The van der Waals surface area contributed by atoms with Gasteiger partial charge in [-0.25, -0.2) is 4.72 Å². The third kappa shape index (κ3) is 3.57. The topological polar surface area (TPSA) is 38.3 Å². The van der Waals surface area contributed by atoms with Crippen LogP contribution in [0.25, 0.3) is 0 Å². The Bertz CT molecular complexity index is 626. The SMILES string of the molecule is Cc1cccc([S+]([O-])Nc2ccccc2N2CCCCC2)c1. The van der Waals surface area contributed by atoms with Gasteiger partial charge in [0.1, 0.15) is 17.0 Å². The van der Waals surface area contributed by atoms with Crippen LogP contribution >= 0.6 is 0 Å². The minimum Gasteiger partial charge on any atom is -0.588 e. The highest BCUT2D eigenvalue weighted by molar-refractivity contribution is 7.92. The van der Waals surface area contributed by atoms with Crippen LogP contribution < -0.4 is 9.62 Å². The van der Waals surface area contributed by atoms with Gasteiger partial charge in [0.25, 0.3) is 0 Å². The lowest BCUT2D eigenvalue weighted by molar-refractivity contribution is 0.578. The van der Waals surface area contributed by atoms with E-state index in [4.69, 9.17) is 0 Å². The molecule has 116 valence electrons. The Labute approximate surface area is 135 Å². The second kappa shape index (κ2) is 7.07. The maximum Gasteiger partial charge on any atom is 0.180 e. The van der Waals surface area contributed by atoms with Crippen LogP contribution in [-0.2, 0) is 11.4 Å². The number of anilines is 2. The monoisotopic (exact) mass is 314 g/mol. The van der Waals surface area contributed by atoms with Gasteiger partial charge in [0, 0.05) is 13.1 Å². The molecule has 1 unspecified atom stereocenters. The number of aryl methyl sites for hydroxylation is 1. The molecule has 3 rings (SSSR count). The molecule has 0 radical (unpaired) electrons. The van der Waals surface area contributed by atoms with Gasteiger partial charge in [-0.05, 0) is 56.0 Å². The average molecular weight is 314 g/mol. The Morgan fingerprint density at radius 3 is 2.55 bits per heavy atom. The molecule has 1 N–H and O–H groups in total. The molecule has 1 atom stereocenters. The summed E-state index contributed by atoms with van der Waals surface area (Å²) >= 11 is -1.24. The number of benzene rings is 2. The quantitative estimate of drug-likeness (QED) is 0.863. The Morgan fingerprint density at radius 2 is 1.77 bits per heavy atom. The molecule has 2 aromatic carbocycles. The van der Waals surface area contributed by atoms with Crippen molar-refractivity contribution in [3.63, 3.8) is 0 Å². The van der Waals surface area contributed by atoms with Crippen LogP contribution in [0, 0.1) is 6.92 Å². The summed E-state index contributed by atoms with van der Waals surface area (Å²) in [6.07, 6.45) is 3.77. The zero-order valence-electron chi connectivity index (χ0n) is 12.9. The van der Waals surface area contributed by atoms with E-state index in [-0.39, 0.29) is 0 Å². The molecular weight excluding hydrogens is 292 g/mol. The first kappa shape index (κ1) is 15.3. The molecular formula is C18H22N2OS. The maximum absolute atomic E-state index is 12.6. The summed E-state index contributed by atoms with van der Waals surface area (Å²) < 4.78 is 15.8. The summed E-state index contributed by atoms with van der Waals surface area (Å²) in [6, 6.07) is 16.0. The zero-order chi connectivity index (χ0) is 15.4. The number of hydrogen-bond acceptors (Lipinski definition) is 3. The van der Waals surface area contributed by atoms with Crippen molar-refractivity contribution in [2.45, 2.75) is 31.1 Å². The highest BCUT2D eigenvalue weighted by Crippen LogP contribution is 2.30. The van der Waals surface area contributed by atoms with Gasteiger partial charge in [0.15, 0.2) is 4.90 Å². The second-order valence-electron chi connectivity index (χ2n) is 5.75. The molecule has 0 amide bonds. The zero-order valence-corrected chi connectivity index (χ0v) is 13.7. The summed E-state index contributed by atoms with van der Waals surface area (Å²) in [6.45, 7) is 4.17. The van der Waals surface area contributed by atoms with Gasteiger partial charge in [-0.2, -0.15) is 0 Å². The van der Waals surface area contributed by atoms with Crippen LogP contribution in [0.3, 0.4) is 0 Å². The van der Waals surface area contributed by atoms with Crippen molar-refractivity contribution < 1.29 is 4.55 Å². The molecule has 1 aliphatic heterocycles. The fourth-order valence-electron chi connectivity index (χ4n) is 2.86. The molecule has 1 fully saturated rings. The molecule has 0 aromatic heterocycles. The van der Waals surface area contributed by atoms with Crippen molar-refractivity contribution >= 4 is 22.7 Å². The van der Waals surface area contributed by atoms with Gasteiger partial charge in [0.2, 0.25) is 0 Å². The predicted octanol–water partition coefficient (Wildman–Crippen LogP) is 4.12. The molecule has 22 heavy (non-hydrogen) atoms. The maximum atomic E-state index is 12.6. The van der Waals surface area contributed by atoms with E-state index in [9.17, 15) is 4.55 Å². The van der Waals surface area contributed by atoms with Gasteiger partial charge in [-0.15, -0.1) is 0 Å². The Balaban J connectivity index is 1.80. The number of nitrogens with zero attached hydrogens (tertiary/aromatic N) is 1. The van der Waals surface area contributed by atoms with Crippen molar-refractivity contribution in [2.75, 3.05) is 22.7 Å². The van der Waals surface area contributed by atoms with E-state index in [0.717, 1.165) is 34.9 Å². The summed E-state index contributed by atoms with van der Waals surface area (Å²) in [5.41, 5.74) is 3.23. The van der Waals surface area contributed by atoms with E-state index in [1.165, 1.54) is 19.3 Å². The standard InChI is InChI=1S/C18H22N2OS/c1-15-8-7-9-16(14-15)22(21)19-17-10-3-4-11-18(17)20-12-5-2-6-13-20/h3-4,7-11,14,19H,2,5-6,12-13H2,1H3. The van der Waals surface area contributed by atoms with Crippen molar-refractivity contribution in [3.05, 3.63) is 54.1 Å². The molecule has 0 aliphatic carbocycles. The number of nitrogens with one attached hydrogen (secondary N) is 1. The second-order valence-corrected chi connectivity index (χ2v) is 6.97.